The Balaban J connectivity index is 2.11. The predicted octanol–water partition coefficient (Wildman–Crippen LogP) is 1.95. The number of hydrogen-bond acceptors (Lipinski definition) is 3. The number of carbonyl (C=O) groups excluding carboxylic acids is 1. The smallest absolute Gasteiger partial charge is 0.251 e. The van der Waals surface area contributed by atoms with Gasteiger partial charge in [-0.2, -0.15) is 0 Å². The molecule has 0 aliphatic heterocycles. The highest BCUT2D eigenvalue weighted by atomic mass is 16.5. The molecule has 4 nitrogen and oxygen atoms in total. The maximum atomic E-state index is 12.0. The first-order valence-corrected chi connectivity index (χ1v) is 5.80. The number of methoxy groups -OCH3 is 1. The molecule has 0 aromatic heterocycles. The normalized spacial score (nSPS) is 17.1. The monoisotopic (exact) mass is 234 g/mol. The lowest BCUT2D eigenvalue weighted by Gasteiger charge is -2.39. The van der Waals surface area contributed by atoms with Gasteiger partial charge in [0.05, 0.1) is 12.8 Å². The summed E-state index contributed by atoms with van der Waals surface area (Å²) in [6, 6.07) is 5.09. The quantitative estimate of drug-likeness (QED) is 0.786. The van der Waals surface area contributed by atoms with E-state index >= 15 is 0 Å². The molecule has 0 spiro atoms. The van der Waals surface area contributed by atoms with Crippen LogP contribution in [0.25, 0.3) is 0 Å². The maximum absolute atomic E-state index is 12.0. The van der Waals surface area contributed by atoms with Crippen LogP contribution in [0.3, 0.4) is 0 Å². The molecule has 0 saturated heterocycles. The molecular weight excluding hydrogens is 216 g/mol. The molecule has 2 rings (SSSR count). The fourth-order valence-corrected chi connectivity index (χ4v) is 2.05. The molecule has 3 N–H and O–H groups in total. The molecule has 0 heterocycles. The third-order valence-electron chi connectivity index (χ3n) is 3.36. The molecule has 17 heavy (non-hydrogen) atoms. The van der Waals surface area contributed by atoms with Gasteiger partial charge < -0.3 is 15.8 Å². The second-order valence-corrected chi connectivity index (χ2v) is 4.83. The molecule has 1 aromatic carbocycles. The van der Waals surface area contributed by atoms with Gasteiger partial charge in [-0.15, -0.1) is 0 Å². The Bertz CT molecular complexity index is 439. The average Bonchev–Trinajstić information content (AvgIpc) is 2.26. The minimum Gasteiger partial charge on any atom is -0.495 e. The summed E-state index contributed by atoms with van der Waals surface area (Å²) < 4.78 is 5.06. The fraction of sp³-hybridized carbons (Fsp3) is 0.462. The van der Waals surface area contributed by atoms with Gasteiger partial charge in [0.2, 0.25) is 0 Å². The van der Waals surface area contributed by atoms with Crippen LogP contribution in [0, 0.1) is 0 Å². The molecular formula is C13H18N2O2. The summed E-state index contributed by atoms with van der Waals surface area (Å²) >= 11 is 0. The molecule has 1 aromatic rings. The zero-order valence-electron chi connectivity index (χ0n) is 10.2. The number of anilines is 1. The van der Waals surface area contributed by atoms with Crippen molar-refractivity contribution in [3.05, 3.63) is 23.8 Å². The van der Waals surface area contributed by atoms with E-state index in [1.807, 2.05) is 0 Å². The number of nitrogens with one attached hydrogen (secondary N) is 1. The van der Waals surface area contributed by atoms with E-state index in [1.165, 1.54) is 6.42 Å². The van der Waals surface area contributed by atoms with Crippen molar-refractivity contribution in [3.63, 3.8) is 0 Å². The molecule has 4 heteroatoms. The van der Waals surface area contributed by atoms with Crippen LogP contribution in [0.2, 0.25) is 0 Å². The number of nitrogens with two attached hydrogens (primary N) is 1. The summed E-state index contributed by atoms with van der Waals surface area (Å²) in [6.45, 7) is 2.07. The van der Waals surface area contributed by atoms with Crippen molar-refractivity contribution in [2.75, 3.05) is 12.8 Å². The molecule has 1 fully saturated rings. The Kier molecular flexibility index (Phi) is 2.96. The third-order valence-corrected chi connectivity index (χ3v) is 3.36. The first kappa shape index (κ1) is 11.8. The zero-order chi connectivity index (χ0) is 12.5. The van der Waals surface area contributed by atoms with Gasteiger partial charge in [0, 0.05) is 11.1 Å². The summed E-state index contributed by atoms with van der Waals surface area (Å²) in [6.07, 6.45) is 3.27. The Morgan fingerprint density at radius 2 is 2.18 bits per heavy atom. The van der Waals surface area contributed by atoms with Gasteiger partial charge in [0.15, 0.2) is 0 Å². The lowest BCUT2D eigenvalue weighted by atomic mass is 9.78. The summed E-state index contributed by atoms with van der Waals surface area (Å²) in [7, 11) is 1.56. The predicted molar refractivity (Wildman–Crippen MR) is 67.1 cm³/mol. The van der Waals surface area contributed by atoms with Crippen molar-refractivity contribution < 1.29 is 9.53 Å². The van der Waals surface area contributed by atoms with Gasteiger partial charge in [0.25, 0.3) is 5.91 Å². The van der Waals surface area contributed by atoms with Gasteiger partial charge >= 0.3 is 0 Å². The minimum absolute atomic E-state index is 0.0359. The van der Waals surface area contributed by atoms with Crippen LogP contribution in [-0.2, 0) is 0 Å². The molecule has 0 radical (unpaired) electrons. The molecule has 0 bridgehead atoms. The highest BCUT2D eigenvalue weighted by molar-refractivity contribution is 5.96. The van der Waals surface area contributed by atoms with Crippen LogP contribution in [0.4, 0.5) is 5.69 Å². The van der Waals surface area contributed by atoms with E-state index in [2.05, 4.69) is 12.2 Å². The number of ether oxygens (including phenoxy) is 1. The first-order valence-electron chi connectivity index (χ1n) is 5.80. The van der Waals surface area contributed by atoms with Crippen LogP contribution < -0.4 is 15.8 Å². The number of rotatable bonds is 3. The van der Waals surface area contributed by atoms with Crippen LogP contribution in [-0.4, -0.2) is 18.6 Å². The van der Waals surface area contributed by atoms with Crippen LogP contribution in [0.1, 0.15) is 36.5 Å². The van der Waals surface area contributed by atoms with E-state index in [9.17, 15) is 4.79 Å². The maximum Gasteiger partial charge on any atom is 0.251 e. The summed E-state index contributed by atoms with van der Waals surface area (Å²) in [5.74, 6) is 0.526. The highest BCUT2D eigenvalue weighted by Crippen LogP contribution is 2.31. The summed E-state index contributed by atoms with van der Waals surface area (Å²) in [5, 5.41) is 3.04. The number of carbonyl (C=O) groups is 1. The second-order valence-electron chi connectivity index (χ2n) is 4.83. The summed E-state index contributed by atoms with van der Waals surface area (Å²) in [4.78, 5) is 12.0. The molecule has 1 aliphatic carbocycles. The van der Waals surface area contributed by atoms with Crippen molar-refractivity contribution in [1.29, 1.82) is 0 Å². The molecule has 1 aliphatic rings. The number of hydrogen-bond donors (Lipinski definition) is 2. The third kappa shape index (κ3) is 2.35. The SMILES string of the molecule is COc1ccc(C(=O)NC2(C)CCC2)cc1N. The lowest BCUT2D eigenvalue weighted by Crippen LogP contribution is -2.50. The molecule has 1 amide bonds. The average molecular weight is 234 g/mol. The highest BCUT2D eigenvalue weighted by Gasteiger charge is 2.33. The van der Waals surface area contributed by atoms with Gasteiger partial charge in [0.1, 0.15) is 5.75 Å². The second kappa shape index (κ2) is 4.28. The largest absolute Gasteiger partial charge is 0.495 e. The van der Waals surface area contributed by atoms with Gasteiger partial charge in [-0.1, -0.05) is 0 Å². The van der Waals surface area contributed by atoms with E-state index in [-0.39, 0.29) is 11.4 Å². The number of benzene rings is 1. The van der Waals surface area contributed by atoms with Gasteiger partial charge in [-0.25, -0.2) is 0 Å². The number of nitrogen functional groups attached to an aromatic ring is 1. The van der Waals surface area contributed by atoms with Crippen LogP contribution in [0.5, 0.6) is 5.75 Å². The molecule has 0 atom stereocenters. The van der Waals surface area contributed by atoms with Crippen molar-refractivity contribution in [3.8, 4) is 5.75 Å². The Morgan fingerprint density at radius 3 is 2.65 bits per heavy atom. The van der Waals surface area contributed by atoms with E-state index < -0.39 is 0 Å². The van der Waals surface area contributed by atoms with Gasteiger partial charge in [-0.3, -0.25) is 4.79 Å². The van der Waals surface area contributed by atoms with Crippen molar-refractivity contribution in [2.45, 2.75) is 31.7 Å². The van der Waals surface area contributed by atoms with Gasteiger partial charge in [-0.05, 0) is 44.4 Å². The van der Waals surface area contributed by atoms with E-state index in [1.54, 1.807) is 25.3 Å². The minimum atomic E-state index is -0.0680. The topological polar surface area (TPSA) is 64.3 Å². The zero-order valence-corrected chi connectivity index (χ0v) is 10.2. The van der Waals surface area contributed by atoms with Crippen LogP contribution in [0.15, 0.2) is 18.2 Å². The number of amides is 1. The lowest BCUT2D eigenvalue weighted by molar-refractivity contribution is 0.0850. The standard InChI is InChI=1S/C13H18N2O2/c1-13(6-3-7-13)15-12(16)9-4-5-11(17-2)10(14)8-9/h4-5,8H,3,6-7,14H2,1-2H3,(H,15,16). The fourth-order valence-electron chi connectivity index (χ4n) is 2.05. The van der Waals surface area contributed by atoms with E-state index in [0.717, 1.165) is 12.8 Å². The molecule has 0 unspecified atom stereocenters. The molecule has 1 saturated carbocycles. The van der Waals surface area contributed by atoms with Crippen molar-refractivity contribution in [2.24, 2.45) is 0 Å². The molecule has 92 valence electrons. The summed E-state index contributed by atoms with van der Waals surface area (Å²) in [5.41, 5.74) is 6.80. The first-order chi connectivity index (χ1) is 8.04. The van der Waals surface area contributed by atoms with Crippen molar-refractivity contribution in [1.82, 2.24) is 5.32 Å². The van der Waals surface area contributed by atoms with Crippen molar-refractivity contribution >= 4 is 11.6 Å². The van der Waals surface area contributed by atoms with E-state index in [0.29, 0.717) is 17.0 Å². The van der Waals surface area contributed by atoms with Crippen LogP contribution >= 0.6 is 0 Å². The van der Waals surface area contributed by atoms with E-state index in [4.69, 9.17) is 10.5 Å². The Labute approximate surface area is 101 Å². The Morgan fingerprint density at radius 1 is 1.47 bits per heavy atom. The Hall–Kier alpha value is -1.71.